The van der Waals surface area contributed by atoms with E-state index >= 15 is 0 Å². The van der Waals surface area contributed by atoms with Crippen molar-refractivity contribution >= 4 is 11.9 Å². The number of rotatable bonds is 6. The normalized spacial score (nSPS) is 16.2. The van der Waals surface area contributed by atoms with E-state index in [0.29, 0.717) is 24.9 Å². The highest BCUT2D eigenvalue weighted by Gasteiger charge is 2.21. The smallest absolute Gasteiger partial charge is 0.335 e. The minimum absolute atomic E-state index is 0.0904. The zero-order valence-corrected chi connectivity index (χ0v) is 15.2. The second-order valence-electron chi connectivity index (χ2n) is 7.66. The molecule has 0 unspecified atom stereocenters. The molecule has 0 bridgehead atoms. The fourth-order valence-corrected chi connectivity index (χ4v) is 3.02. The first kappa shape index (κ1) is 19.4. The lowest BCUT2D eigenvalue weighted by Crippen LogP contribution is -2.40. The van der Waals surface area contributed by atoms with E-state index in [-0.39, 0.29) is 12.0 Å². The Morgan fingerprint density at radius 1 is 1.32 bits per heavy atom. The van der Waals surface area contributed by atoms with Gasteiger partial charge in [0.2, 0.25) is 0 Å². The van der Waals surface area contributed by atoms with E-state index in [1.165, 1.54) is 0 Å². The van der Waals surface area contributed by atoms with Crippen LogP contribution in [0.4, 0.5) is 0 Å². The summed E-state index contributed by atoms with van der Waals surface area (Å²) in [4.78, 5) is 25.1. The van der Waals surface area contributed by atoms with Gasteiger partial charge in [0, 0.05) is 32.1 Å². The molecule has 1 aliphatic heterocycles. The lowest BCUT2D eigenvalue weighted by atomic mass is 9.96. The van der Waals surface area contributed by atoms with Crippen LogP contribution >= 0.6 is 0 Å². The van der Waals surface area contributed by atoms with Gasteiger partial charge in [0.15, 0.2) is 0 Å². The van der Waals surface area contributed by atoms with Crippen molar-refractivity contribution in [3.05, 3.63) is 34.9 Å². The van der Waals surface area contributed by atoms with Crippen LogP contribution in [-0.4, -0.2) is 46.7 Å². The van der Waals surface area contributed by atoms with Crippen molar-refractivity contribution in [2.45, 2.75) is 58.2 Å². The topological polar surface area (TPSA) is 92.9 Å². The molecule has 0 amide bonds. The first-order valence-electron chi connectivity index (χ1n) is 8.69. The molecule has 3 N–H and O–H groups in total. The molecule has 138 valence electrons. The van der Waals surface area contributed by atoms with Gasteiger partial charge in [-0.25, -0.2) is 4.79 Å². The Morgan fingerprint density at radius 3 is 2.68 bits per heavy atom. The minimum atomic E-state index is -0.894. The summed E-state index contributed by atoms with van der Waals surface area (Å²) >= 11 is 0. The molecule has 0 aromatic heterocycles. The number of carboxylic acids is 1. The Balaban J connectivity index is 1.82. The monoisotopic (exact) mass is 348 g/mol. The molecule has 25 heavy (non-hydrogen) atoms. The van der Waals surface area contributed by atoms with Gasteiger partial charge in [-0.1, -0.05) is 6.07 Å². The Bertz CT molecular complexity index is 637. The van der Waals surface area contributed by atoms with Crippen LogP contribution in [-0.2, 0) is 22.5 Å². The van der Waals surface area contributed by atoms with Crippen LogP contribution in [0.25, 0.3) is 0 Å². The Hall–Kier alpha value is -1.92. The number of nitrogens with two attached hydrogens (primary N) is 1. The van der Waals surface area contributed by atoms with Crippen molar-refractivity contribution in [2.24, 2.45) is 5.73 Å². The fourth-order valence-electron chi connectivity index (χ4n) is 3.02. The molecule has 6 nitrogen and oxygen atoms in total. The average molecular weight is 348 g/mol. The number of carbonyl (C=O) groups excluding carboxylic acids is 1. The van der Waals surface area contributed by atoms with Gasteiger partial charge < -0.3 is 15.6 Å². The molecule has 1 aliphatic rings. The molecule has 0 aliphatic carbocycles. The number of aromatic carboxylic acids is 1. The molecule has 1 atom stereocenters. The number of esters is 1. The van der Waals surface area contributed by atoms with Crippen LogP contribution in [0.5, 0.6) is 0 Å². The van der Waals surface area contributed by atoms with Crippen molar-refractivity contribution in [1.82, 2.24) is 4.90 Å². The van der Waals surface area contributed by atoms with Crippen molar-refractivity contribution in [3.63, 3.8) is 0 Å². The highest BCUT2D eigenvalue weighted by atomic mass is 16.6. The van der Waals surface area contributed by atoms with Crippen LogP contribution in [0, 0.1) is 0 Å². The fraction of sp³-hybridized carbons (Fsp3) is 0.579. The van der Waals surface area contributed by atoms with Crippen molar-refractivity contribution in [3.8, 4) is 0 Å². The van der Waals surface area contributed by atoms with Gasteiger partial charge in [-0.15, -0.1) is 0 Å². The number of ether oxygens (including phenoxy) is 1. The van der Waals surface area contributed by atoms with E-state index < -0.39 is 11.6 Å². The van der Waals surface area contributed by atoms with Crippen LogP contribution < -0.4 is 5.73 Å². The van der Waals surface area contributed by atoms with Crippen molar-refractivity contribution in [2.75, 3.05) is 13.1 Å². The predicted molar refractivity (Wildman–Crippen MR) is 95.4 cm³/mol. The molecule has 0 radical (unpaired) electrons. The van der Waals surface area contributed by atoms with E-state index in [1.807, 2.05) is 26.8 Å². The quantitative estimate of drug-likeness (QED) is 0.766. The summed E-state index contributed by atoms with van der Waals surface area (Å²) in [6.45, 7) is 7.87. The number of hydrogen-bond donors (Lipinski definition) is 2. The number of carbonyl (C=O) groups is 2. The maximum Gasteiger partial charge on any atom is 0.335 e. The van der Waals surface area contributed by atoms with E-state index in [9.17, 15) is 9.59 Å². The predicted octanol–water partition coefficient (Wildman–Crippen LogP) is 2.19. The summed E-state index contributed by atoms with van der Waals surface area (Å²) in [5.74, 6) is -1.11. The van der Waals surface area contributed by atoms with Gasteiger partial charge >= 0.3 is 11.9 Å². The van der Waals surface area contributed by atoms with E-state index in [0.717, 1.165) is 30.6 Å². The Morgan fingerprint density at radius 2 is 2.04 bits per heavy atom. The third-order valence-electron chi connectivity index (χ3n) is 4.18. The number of carboxylic acid groups (broad SMARTS) is 1. The molecule has 2 rings (SSSR count). The maximum absolute atomic E-state index is 11.8. The third-order valence-corrected chi connectivity index (χ3v) is 4.18. The van der Waals surface area contributed by atoms with Gasteiger partial charge in [-0.2, -0.15) is 0 Å². The second-order valence-corrected chi connectivity index (χ2v) is 7.66. The molecular formula is C19H28N2O4. The first-order valence-corrected chi connectivity index (χ1v) is 8.69. The molecule has 0 fully saturated rings. The molecule has 0 saturated carbocycles. The molecule has 1 aromatic rings. The number of hydrogen-bond acceptors (Lipinski definition) is 5. The van der Waals surface area contributed by atoms with Crippen LogP contribution in [0.3, 0.4) is 0 Å². The zero-order chi connectivity index (χ0) is 18.6. The van der Waals surface area contributed by atoms with E-state index in [4.69, 9.17) is 15.6 Å². The van der Waals surface area contributed by atoms with Crippen molar-refractivity contribution < 1.29 is 19.4 Å². The summed E-state index contributed by atoms with van der Waals surface area (Å²) in [5.41, 5.74) is 8.29. The Kier molecular flexibility index (Phi) is 6.19. The van der Waals surface area contributed by atoms with Gasteiger partial charge in [-0.05, 0) is 56.9 Å². The van der Waals surface area contributed by atoms with E-state index in [1.54, 1.807) is 12.1 Å². The first-order chi connectivity index (χ1) is 11.6. The number of fused-ring (bicyclic) bond motifs is 1. The van der Waals surface area contributed by atoms with Crippen LogP contribution in [0.2, 0.25) is 0 Å². The maximum atomic E-state index is 11.8. The average Bonchev–Trinajstić information content (AvgIpc) is 2.50. The van der Waals surface area contributed by atoms with Crippen molar-refractivity contribution in [1.29, 1.82) is 0 Å². The van der Waals surface area contributed by atoms with Gasteiger partial charge in [-0.3, -0.25) is 9.69 Å². The lowest BCUT2D eigenvalue weighted by molar-refractivity contribution is -0.155. The standard InChI is InChI=1S/C19H28N2O4/c1-19(2,3)25-17(22)7-6-16(20)12-21-9-8-13-10-14(18(23)24)4-5-15(13)11-21/h4-5,10,16H,6-9,11-12,20H2,1-3H3,(H,23,24)/t16-/m0/s1. The summed E-state index contributed by atoms with van der Waals surface area (Å²) in [7, 11) is 0. The molecule has 0 spiro atoms. The van der Waals surface area contributed by atoms with Gasteiger partial charge in [0.25, 0.3) is 0 Å². The van der Waals surface area contributed by atoms with Crippen LogP contribution in [0.15, 0.2) is 18.2 Å². The summed E-state index contributed by atoms with van der Waals surface area (Å²) in [6.07, 6.45) is 1.73. The molecular weight excluding hydrogens is 320 g/mol. The van der Waals surface area contributed by atoms with Gasteiger partial charge in [0.05, 0.1) is 5.56 Å². The summed E-state index contributed by atoms with van der Waals surface area (Å²) in [5, 5.41) is 9.07. The second kappa shape index (κ2) is 7.97. The highest BCUT2D eigenvalue weighted by molar-refractivity contribution is 5.87. The molecule has 0 saturated heterocycles. The molecule has 1 heterocycles. The zero-order valence-electron chi connectivity index (χ0n) is 15.2. The Labute approximate surface area is 149 Å². The summed E-state index contributed by atoms with van der Waals surface area (Å²) < 4.78 is 5.30. The van der Waals surface area contributed by atoms with Gasteiger partial charge in [0.1, 0.15) is 5.60 Å². The lowest BCUT2D eigenvalue weighted by Gasteiger charge is -2.31. The highest BCUT2D eigenvalue weighted by Crippen LogP contribution is 2.21. The number of benzene rings is 1. The van der Waals surface area contributed by atoms with E-state index in [2.05, 4.69) is 4.90 Å². The molecule has 6 heteroatoms. The minimum Gasteiger partial charge on any atom is -0.478 e. The molecule has 1 aromatic carbocycles. The van der Waals surface area contributed by atoms with Crippen LogP contribution in [0.1, 0.15) is 55.1 Å². The third kappa shape index (κ3) is 6.14. The SMILES string of the molecule is CC(C)(C)OC(=O)CC[C@H](N)CN1CCc2cc(C(=O)O)ccc2C1. The number of nitrogens with zero attached hydrogens (tertiary/aromatic N) is 1. The summed E-state index contributed by atoms with van der Waals surface area (Å²) in [6, 6.07) is 5.20. The largest absolute Gasteiger partial charge is 0.478 e.